The van der Waals surface area contributed by atoms with Crippen molar-refractivity contribution in [2.24, 2.45) is 5.92 Å². The highest BCUT2D eigenvalue weighted by molar-refractivity contribution is 5.95. The van der Waals surface area contributed by atoms with Gasteiger partial charge in [0, 0.05) is 44.0 Å². The average Bonchev–Trinajstić information content (AvgIpc) is 3.10. The molecule has 1 aromatic heterocycles. The summed E-state index contributed by atoms with van der Waals surface area (Å²) in [6, 6.07) is 7.45. The summed E-state index contributed by atoms with van der Waals surface area (Å²) in [5, 5.41) is 7.58. The second-order valence-corrected chi connectivity index (χ2v) is 7.08. The van der Waals surface area contributed by atoms with E-state index in [4.69, 9.17) is 4.74 Å². The first-order valence-corrected chi connectivity index (χ1v) is 9.21. The summed E-state index contributed by atoms with van der Waals surface area (Å²) in [6.45, 7) is 2.18. The third-order valence-corrected chi connectivity index (χ3v) is 5.45. The number of piperidine rings is 1. The van der Waals surface area contributed by atoms with Crippen molar-refractivity contribution in [3.8, 4) is 5.69 Å². The molecule has 8 nitrogen and oxygen atoms in total. The maximum atomic E-state index is 13.0. The van der Waals surface area contributed by atoms with Gasteiger partial charge in [-0.25, -0.2) is 0 Å². The number of carbonyl (C=O) groups excluding carboxylic acids is 2. The van der Waals surface area contributed by atoms with Gasteiger partial charge in [-0.15, -0.1) is 10.2 Å². The standard InChI is InChI=1S/C19H23N5O3/c1-27-9-8-24-17-7-4-15(19(24)26)10-22(11-17)18(25)14-2-5-16(6-3-14)23-12-20-21-13-23/h2-3,5-6,12-13,15,17H,4,7-11H2,1H3/t15-,17+/m1/s1. The van der Waals surface area contributed by atoms with Crippen LogP contribution in [0.25, 0.3) is 5.69 Å². The number of ether oxygens (including phenoxy) is 1. The van der Waals surface area contributed by atoms with Gasteiger partial charge in [0.05, 0.1) is 12.5 Å². The van der Waals surface area contributed by atoms with E-state index >= 15 is 0 Å². The number of benzene rings is 1. The van der Waals surface area contributed by atoms with E-state index in [9.17, 15) is 9.59 Å². The first kappa shape index (κ1) is 17.7. The van der Waals surface area contributed by atoms with Gasteiger partial charge < -0.3 is 14.5 Å². The van der Waals surface area contributed by atoms with Crippen LogP contribution in [0.3, 0.4) is 0 Å². The molecule has 2 amide bonds. The van der Waals surface area contributed by atoms with Crippen LogP contribution in [0.5, 0.6) is 0 Å². The highest BCUT2D eigenvalue weighted by Gasteiger charge is 2.41. The molecule has 3 aliphatic rings. The van der Waals surface area contributed by atoms with Crippen molar-refractivity contribution in [3.05, 3.63) is 42.5 Å². The summed E-state index contributed by atoms with van der Waals surface area (Å²) in [7, 11) is 1.64. The summed E-state index contributed by atoms with van der Waals surface area (Å²) in [5.74, 6) is 0.0194. The molecule has 3 saturated heterocycles. The lowest BCUT2D eigenvalue weighted by atomic mass is 9.94. The zero-order chi connectivity index (χ0) is 18.8. The molecule has 2 atom stereocenters. The van der Waals surface area contributed by atoms with Crippen molar-refractivity contribution >= 4 is 11.8 Å². The second-order valence-electron chi connectivity index (χ2n) is 7.08. The Kier molecular flexibility index (Phi) is 4.89. The summed E-state index contributed by atoms with van der Waals surface area (Å²) in [6.07, 6.45) is 5.02. The molecular formula is C19H23N5O3. The summed E-state index contributed by atoms with van der Waals surface area (Å²) >= 11 is 0. The largest absolute Gasteiger partial charge is 0.383 e. The topological polar surface area (TPSA) is 80.6 Å². The Morgan fingerprint density at radius 3 is 2.59 bits per heavy atom. The number of aromatic nitrogens is 3. The van der Waals surface area contributed by atoms with E-state index in [1.54, 1.807) is 24.3 Å². The monoisotopic (exact) mass is 369 g/mol. The normalized spacial score (nSPS) is 22.2. The quantitative estimate of drug-likeness (QED) is 0.785. The van der Waals surface area contributed by atoms with E-state index in [0.717, 1.165) is 18.5 Å². The molecule has 3 aliphatic heterocycles. The summed E-state index contributed by atoms with van der Waals surface area (Å²) in [4.78, 5) is 29.5. The number of hydrogen-bond donors (Lipinski definition) is 0. The molecule has 0 aliphatic carbocycles. The molecule has 27 heavy (non-hydrogen) atoms. The van der Waals surface area contributed by atoms with Crippen molar-refractivity contribution < 1.29 is 14.3 Å². The maximum absolute atomic E-state index is 13.0. The molecule has 1 aromatic carbocycles. The fraction of sp³-hybridized carbons (Fsp3) is 0.474. The molecular weight excluding hydrogens is 346 g/mol. The maximum Gasteiger partial charge on any atom is 0.253 e. The number of nitrogens with zero attached hydrogens (tertiary/aromatic N) is 5. The predicted octanol–water partition coefficient (Wildman–Crippen LogP) is 0.977. The molecule has 8 heteroatoms. The van der Waals surface area contributed by atoms with Crippen molar-refractivity contribution in [2.45, 2.75) is 18.9 Å². The van der Waals surface area contributed by atoms with Crippen LogP contribution in [-0.4, -0.2) is 75.8 Å². The molecule has 2 aromatic rings. The molecule has 3 fully saturated rings. The Morgan fingerprint density at radius 2 is 1.89 bits per heavy atom. The van der Waals surface area contributed by atoms with Crippen LogP contribution in [0, 0.1) is 5.92 Å². The van der Waals surface area contributed by atoms with Crippen molar-refractivity contribution in [3.63, 3.8) is 0 Å². The molecule has 0 radical (unpaired) electrons. The average molecular weight is 369 g/mol. The van der Waals surface area contributed by atoms with Gasteiger partial charge in [0.25, 0.3) is 5.91 Å². The third-order valence-electron chi connectivity index (χ3n) is 5.45. The van der Waals surface area contributed by atoms with E-state index in [0.29, 0.717) is 31.8 Å². The van der Waals surface area contributed by atoms with Gasteiger partial charge in [-0.3, -0.25) is 14.2 Å². The van der Waals surface area contributed by atoms with E-state index in [-0.39, 0.29) is 23.8 Å². The smallest absolute Gasteiger partial charge is 0.253 e. The van der Waals surface area contributed by atoms with Crippen LogP contribution in [0.2, 0.25) is 0 Å². The van der Waals surface area contributed by atoms with E-state index in [1.165, 1.54) is 0 Å². The number of carbonyl (C=O) groups is 2. The lowest BCUT2D eigenvalue weighted by Crippen LogP contribution is -2.49. The number of hydrogen-bond acceptors (Lipinski definition) is 5. The van der Waals surface area contributed by atoms with Crippen LogP contribution in [-0.2, 0) is 9.53 Å². The third kappa shape index (κ3) is 3.44. The predicted molar refractivity (Wildman–Crippen MR) is 97.4 cm³/mol. The van der Waals surface area contributed by atoms with E-state index in [1.807, 2.05) is 34.1 Å². The molecule has 5 rings (SSSR count). The van der Waals surface area contributed by atoms with Crippen molar-refractivity contribution in [2.75, 3.05) is 33.4 Å². The molecule has 0 N–H and O–H groups in total. The van der Waals surface area contributed by atoms with Crippen molar-refractivity contribution in [1.82, 2.24) is 24.6 Å². The zero-order valence-corrected chi connectivity index (χ0v) is 15.3. The Balaban J connectivity index is 1.50. The Hall–Kier alpha value is -2.74. The van der Waals surface area contributed by atoms with Crippen LogP contribution < -0.4 is 0 Å². The van der Waals surface area contributed by atoms with Crippen LogP contribution >= 0.6 is 0 Å². The van der Waals surface area contributed by atoms with Crippen LogP contribution in [0.15, 0.2) is 36.9 Å². The van der Waals surface area contributed by atoms with Crippen LogP contribution in [0.4, 0.5) is 0 Å². The Labute approximate surface area is 157 Å². The Bertz CT molecular complexity index is 805. The van der Waals surface area contributed by atoms with Gasteiger partial charge >= 0.3 is 0 Å². The summed E-state index contributed by atoms with van der Waals surface area (Å²) < 4.78 is 6.93. The van der Waals surface area contributed by atoms with Gasteiger partial charge in [0.1, 0.15) is 12.7 Å². The molecule has 0 saturated carbocycles. The molecule has 142 valence electrons. The summed E-state index contributed by atoms with van der Waals surface area (Å²) in [5.41, 5.74) is 1.53. The lowest BCUT2D eigenvalue weighted by Gasteiger charge is -2.35. The van der Waals surface area contributed by atoms with E-state index < -0.39 is 0 Å². The lowest BCUT2D eigenvalue weighted by molar-refractivity contribution is -0.140. The van der Waals surface area contributed by atoms with Crippen molar-refractivity contribution in [1.29, 1.82) is 0 Å². The van der Waals surface area contributed by atoms with Gasteiger partial charge in [0.15, 0.2) is 0 Å². The van der Waals surface area contributed by atoms with E-state index in [2.05, 4.69) is 10.2 Å². The number of rotatable bonds is 5. The van der Waals surface area contributed by atoms with Gasteiger partial charge in [-0.1, -0.05) is 0 Å². The minimum Gasteiger partial charge on any atom is -0.383 e. The first-order valence-electron chi connectivity index (χ1n) is 9.21. The minimum absolute atomic E-state index is 0.0244. The zero-order valence-electron chi connectivity index (χ0n) is 15.3. The number of amides is 2. The fourth-order valence-electron chi connectivity index (χ4n) is 3.98. The van der Waals surface area contributed by atoms with Gasteiger partial charge in [0.2, 0.25) is 5.91 Å². The van der Waals surface area contributed by atoms with Gasteiger partial charge in [-0.05, 0) is 37.1 Å². The highest BCUT2D eigenvalue weighted by atomic mass is 16.5. The molecule has 0 spiro atoms. The molecule has 4 heterocycles. The van der Waals surface area contributed by atoms with Gasteiger partial charge in [-0.2, -0.15) is 0 Å². The number of fused-ring (bicyclic) bond motifs is 4. The highest BCUT2D eigenvalue weighted by Crippen LogP contribution is 2.29. The fourth-order valence-corrected chi connectivity index (χ4v) is 3.98. The molecule has 2 bridgehead atoms. The SMILES string of the molecule is COCCN1C(=O)[C@@H]2CC[C@H]1CN(C(=O)c1ccc(-n3cnnc3)cc1)C2. The second kappa shape index (κ2) is 7.48. The molecule has 0 unspecified atom stereocenters. The Morgan fingerprint density at radius 1 is 1.15 bits per heavy atom. The minimum atomic E-state index is -0.110. The van der Waals surface area contributed by atoms with Crippen LogP contribution in [0.1, 0.15) is 23.2 Å². The first-order chi connectivity index (χ1) is 13.2. The number of methoxy groups -OCH3 is 1.